The summed E-state index contributed by atoms with van der Waals surface area (Å²) in [6.45, 7) is 13.1. The summed E-state index contributed by atoms with van der Waals surface area (Å²) in [6, 6.07) is 46.3. The topological polar surface area (TPSA) is 51.8 Å². The molecular formula is C51H43IrN3O-2. The second-order valence-corrected chi connectivity index (χ2v) is 15.5. The van der Waals surface area contributed by atoms with Gasteiger partial charge in [-0.2, -0.15) is 0 Å². The zero-order valence-electron chi connectivity index (χ0n) is 32.6. The fourth-order valence-electron chi connectivity index (χ4n) is 7.32. The van der Waals surface area contributed by atoms with Crippen molar-refractivity contribution in [3.05, 3.63) is 174 Å². The zero-order valence-corrected chi connectivity index (χ0v) is 35.0. The molecule has 4 nitrogen and oxygen atoms in total. The van der Waals surface area contributed by atoms with Crippen molar-refractivity contribution in [2.45, 2.75) is 48.0 Å². The molecule has 0 unspecified atom stereocenters. The summed E-state index contributed by atoms with van der Waals surface area (Å²) < 4.78 is 6.72. The van der Waals surface area contributed by atoms with Crippen LogP contribution in [0, 0.1) is 38.3 Å². The number of hydrogen-bond donors (Lipinski definition) is 0. The summed E-state index contributed by atoms with van der Waals surface area (Å²) in [5, 5.41) is 4.45. The number of aromatic nitrogens is 3. The van der Waals surface area contributed by atoms with Gasteiger partial charge in [0.15, 0.2) is 0 Å². The Balaban J connectivity index is 0.000000214. The average molecular weight is 906 g/mol. The summed E-state index contributed by atoms with van der Waals surface area (Å²) >= 11 is 0. The molecule has 0 atom stereocenters. The van der Waals surface area contributed by atoms with E-state index >= 15 is 0 Å². The van der Waals surface area contributed by atoms with Gasteiger partial charge in [0.1, 0.15) is 5.58 Å². The third-order valence-electron chi connectivity index (χ3n) is 10.1. The van der Waals surface area contributed by atoms with Crippen molar-refractivity contribution in [1.82, 2.24) is 15.0 Å². The van der Waals surface area contributed by atoms with Gasteiger partial charge in [-0.05, 0) is 88.0 Å². The summed E-state index contributed by atoms with van der Waals surface area (Å²) in [4.78, 5) is 13.7. The second-order valence-electron chi connectivity index (χ2n) is 15.5. The van der Waals surface area contributed by atoms with Crippen LogP contribution in [-0.4, -0.2) is 15.0 Å². The summed E-state index contributed by atoms with van der Waals surface area (Å²) in [6.07, 6.45) is 8.69. The van der Waals surface area contributed by atoms with Gasteiger partial charge in [-0.3, -0.25) is 4.98 Å². The smallest absolute Gasteiger partial charge is 0.128 e. The van der Waals surface area contributed by atoms with E-state index in [1.54, 1.807) is 0 Å². The number of aryl methyl sites for hydroxylation is 2. The molecule has 0 aliphatic rings. The van der Waals surface area contributed by atoms with Crippen LogP contribution in [0.2, 0.25) is 0 Å². The SMILES string of the molecule is Cc1c[c-]c(-c2ccc(CC(C)(C)C)cn2)cc1.Cc1cc2ccncc2c(-c2cccc3c2oc2c(-c4cc(-c5ccccc5)ccn4)[c-]ccc23)c1C.[Ir]. The Bertz CT molecular complexity index is 2780. The number of hydrogen-bond acceptors (Lipinski definition) is 4. The number of rotatable bonds is 5. The molecule has 9 aromatic rings. The van der Waals surface area contributed by atoms with Gasteiger partial charge in [0.2, 0.25) is 0 Å². The van der Waals surface area contributed by atoms with E-state index in [0.717, 1.165) is 73.0 Å². The maximum atomic E-state index is 6.72. The Morgan fingerprint density at radius 3 is 2.23 bits per heavy atom. The van der Waals surface area contributed by atoms with E-state index < -0.39 is 0 Å². The van der Waals surface area contributed by atoms with Crippen LogP contribution in [0.3, 0.4) is 0 Å². The quantitative estimate of drug-likeness (QED) is 0.162. The monoisotopic (exact) mass is 906 g/mol. The van der Waals surface area contributed by atoms with Crippen LogP contribution in [-0.2, 0) is 26.5 Å². The first kappa shape index (κ1) is 38.5. The molecule has 9 rings (SSSR count). The summed E-state index contributed by atoms with van der Waals surface area (Å²) in [5.41, 5.74) is 15.2. The third-order valence-corrected chi connectivity index (χ3v) is 10.1. The molecule has 0 amide bonds. The van der Waals surface area contributed by atoms with E-state index in [-0.39, 0.29) is 20.1 Å². The molecule has 0 aliphatic heterocycles. The number of pyridine rings is 3. The molecule has 0 saturated heterocycles. The van der Waals surface area contributed by atoms with Crippen LogP contribution in [0.5, 0.6) is 0 Å². The Morgan fingerprint density at radius 2 is 1.48 bits per heavy atom. The first-order valence-corrected chi connectivity index (χ1v) is 18.8. The third kappa shape index (κ3) is 7.97. The van der Waals surface area contributed by atoms with Crippen LogP contribution in [0.15, 0.2) is 144 Å². The van der Waals surface area contributed by atoms with Gasteiger partial charge in [0.25, 0.3) is 0 Å². The fraction of sp³-hybridized carbons (Fsp3) is 0.157. The van der Waals surface area contributed by atoms with Gasteiger partial charge in [0.05, 0.1) is 5.58 Å². The summed E-state index contributed by atoms with van der Waals surface area (Å²) in [7, 11) is 0. The number of benzene rings is 5. The molecule has 0 spiro atoms. The maximum absolute atomic E-state index is 6.72. The molecule has 0 saturated carbocycles. The molecule has 0 aliphatic carbocycles. The molecule has 5 heteroatoms. The molecule has 279 valence electrons. The Hall–Kier alpha value is -5.74. The Morgan fingerprint density at radius 1 is 0.661 bits per heavy atom. The molecule has 1 radical (unpaired) electrons. The van der Waals surface area contributed by atoms with Crippen LogP contribution >= 0.6 is 0 Å². The predicted molar refractivity (Wildman–Crippen MR) is 228 cm³/mol. The van der Waals surface area contributed by atoms with Crippen LogP contribution in [0.25, 0.3) is 77.5 Å². The normalized spacial score (nSPS) is 11.3. The van der Waals surface area contributed by atoms with Crippen molar-refractivity contribution in [2.24, 2.45) is 5.41 Å². The maximum Gasteiger partial charge on any atom is 0.128 e. The number of nitrogens with zero attached hydrogens (tertiary/aromatic N) is 3. The van der Waals surface area contributed by atoms with Gasteiger partial charge in [-0.15, -0.1) is 53.6 Å². The van der Waals surface area contributed by atoms with E-state index in [1.165, 1.54) is 33.2 Å². The van der Waals surface area contributed by atoms with E-state index in [4.69, 9.17) is 9.40 Å². The van der Waals surface area contributed by atoms with Gasteiger partial charge in [-0.1, -0.05) is 111 Å². The largest absolute Gasteiger partial charge is 0.500 e. The first-order valence-electron chi connectivity index (χ1n) is 18.8. The predicted octanol–water partition coefficient (Wildman–Crippen LogP) is 13.4. The standard InChI is InChI=1S/C34H23N2O.C17H20N.Ir/c1-21-18-25-14-16-35-20-30(25)32(22(21)2)29-13-7-11-27-26-10-6-12-28(33(26)37-34(27)29)31-19-24(15-17-36-31)23-8-4-3-5-9-23;1-13-5-8-15(9-6-13)16-10-7-14(12-18-16)11-17(2,3)4;/h3-11,13-20H,1-2H3;5-8,10,12H,11H2,1-4H3;/q2*-1;. The second kappa shape index (κ2) is 16.2. The molecule has 4 heterocycles. The molecule has 56 heavy (non-hydrogen) atoms. The van der Waals surface area contributed by atoms with Crippen LogP contribution in [0.1, 0.15) is 43.0 Å². The number of para-hydroxylation sites is 1. The molecule has 0 N–H and O–H groups in total. The van der Waals surface area contributed by atoms with Crippen LogP contribution < -0.4 is 0 Å². The van der Waals surface area contributed by atoms with Crippen molar-refractivity contribution in [1.29, 1.82) is 0 Å². The van der Waals surface area contributed by atoms with Crippen molar-refractivity contribution >= 4 is 32.7 Å². The van der Waals surface area contributed by atoms with Crippen molar-refractivity contribution < 1.29 is 24.5 Å². The van der Waals surface area contributed by atoms with Gasteiger partial charge in [-0.25, -0.2) is 0 Å². The molecular weight excluding hydrogens is 863 g/mol. The minimum absolute atomic E-state index is 0. The molecule has 5 aromatic carbocycles. The zero-order chi connectivity index (χ0) is 38.1. The fourth-order valence-corrected chi connectivity index (χ4v) is 7.32. The van der Waals surface area contributed by atoms with Crippen LogP contribution in [0.4, 0.5) is 0 Å². The minimum atomic E-state index is 0. The minimum Gasteiger partial charge on any atom is -0.500 e. The number of fused-ring (bicyclic) bond motifs is 4. The van der Waals surface area contributed by atoms with Gasteiger partial charge < -0.3 is 14.4 Å². The molecule has 0 bridgehead atoms. The Kier molecular flexibility index (Phi) is 11.1. The summed E-state index contributed by atoms with van der Waals surface area (Å²) in [5.74, 6) is 0. The van der Waals surface area contributed by atoms with Crippen molar-refractivity contribution in [3.8, 4) is 44.8 Å². The molecule has 0 fully saturated rings. The van der Waals surface area contributed by atoms with E-state index in [1.807, 2.05) is 49.1 Å². The van der Waals surface area contributed by atoms with Gasteiger partial charge >= 0.3 is 0 Å². The first-order chi connectivity index (χ1) is 26.6. The van der Waals surface area contributed by atoms with E-state index in [2.05, 4.69) is 155 Å². The van der Waals surface area contributed by atoms with Gasteiger partial charge in [0, 0.05) is 61.2 Å². The average Bonchev–Trinajstić information content (AvgIpc) is 3.59. The van der Waals surface area contributed by atoms with Crippen molar-refractivity contribution in [3.63, 3.8) is 0 Å². The van der Waals surface area contributed by atoms with Crippen molar-refractivity contribution in [2.75, 3.05) is 0 Å². The van der Waals surface area contributed by atoms with E-state index in [9.17, 15) is 0 Å². The Labute approximate surface area is 343 Å². The number of furan rings is 1. The van der Waals surface area contributed by atoms with E-state index in [0.29, 0.717) is 5.41 Å². The molecule has 4 aromatic heterocycles.